The van der Waals surface area contributed by atoms with Gasteiger partial charge in [0.15, 0.2) is 23.0 Å². The highest BCUT2D eigenvalue weighted by Gasteiger charge is 2.49. The fraction of sp³-hybridized carbons (Fsp3) is 0.294. The molecule has 28 heavy (non-hydrogen) atoms. The van der Waals surface area contributed by atoms with Gasteiger partial charge in [-0.2, -0.15) is 21.6 Å². The molecule has 2 aromatic rings. The van der Waals surface area contributed by atoms with E-state index in [0.29, 0.717) is 24.2 Å². The van der Waals surface area contributed by atoms with Gasteiger partial charge in [0, 0.05) is 0 Å². The molecular formula is C17H16F3IO6S. The van der Waals surface area contributed by atoms with E-state index in [9.17, 15) is 26.7 Å². The second-order valence-corrected chi connectivity index (χ2v) is 8.18. The zero-order valence-electron chi connectivity index (χ0n) is 14.7. The van der Waals surface area contributed by atoms with Crippen LogP contribution < -0.4 is 13.7 Å². The monoisotopic (exact) mass is 532 g/mol. The molecule has 0 saturated carbocycles. The lowest BCUT2D eigenvalue weighted by molar-refractivity contribution is -0.0500. The van der Waals surface area contributed by atoms with Gasteiger partial charge >= 0.3 is 15.6 Å². The molecular weight excluding hydrogens is 516 g/mol. The highest BCUT2D eigenvalue weighted by atomic mass is 127. The first-order chi connectivity index (χ1) is 13.0. The molecule has 0 aliphatic carbocycles. The molecule has 1 N–H and O–H groups in total. The van der Waals surface area contributed by atoms with E-state index in [0.717, 1.165) is 5.56 Å². The number of hydrogen-bond donors (Lipinski definition) is 1. The van der Waals surface area contributed by atoms with E-state index >= 15 is 0 Å². The molecule has 0 bridgehead atoms. The molecule has 0 radical (unpaired) electrons. The summed E-state index contributed by atoms with van der Waals surface area (Å²) in [5, 5.41) is 9.63. The van der Waals surface area contributed by atoms with Gasteiger partial charge < -0.3 is 18.8 Å². The molecule has 6 nitrogen and oxygen atoms in total. The minimum Gasteiger partial charge on any atom is -0.504 e. The van der Waals surface area contributed by atoms with Crippen molar-refractivity contribution in [2.45, 2.75) is 18.3 Å². The zero-order valence-corrected chi connectivity index (χ0v) is 17.7. The molecule has 0 aliphatic heterocycles. The Labute approximate surface area is 173 Å². The van der Waals surface area contributed by atoms with Crippen molar-refractivity contribution in [2.75, 3.05) is 14.2 Å². The lowest BCUT2D eigenvalue weighted by Crippen LogP contribution is -2.28. The fourth-order valence-corrected chi connectivity index (χ4v) is 3.78. The summed E-state index contributed by atoms with van der Waals surface area (Å²) < 4.78 is 75.3. The fourth-order valence-electron chi connectivity index (χ4n) is 2.32. The maximum atomic E-state index is 12.7. The Morgan fingerprint density at radius 1 is 1.04 bits per heavy atom. The van der Waals surface area contributed by atoms with Gasteiger partial charge in [0.25, 0.3) is 0 Å². The quantitative estimate of drug-likeness (QED) is 0.330. The maximum absolute atomic E-state index is 12.7. The van der Waals surface area contributed by atoms with E-state index in [-0.39, 0.29) is 15.1 Å². The molecule has 0 atom stereocenters. The normalized spacial score (nSPS) is 11.9. The summed E-state index contributed by atoms with van der Waals surface area (Å²) in [7, 11) is -3.22. The third-order valence-corrected chi connectivity index (χ3v) is 5.90. The lowest BCUT2D eigenvalue weighted by atomic mass is 10.0. The van der Waals surface area contributed by atoms with Crippen LogP contribution in [-0.2, 0) is 23.0 Å². The van der Waals surface area contributed by atoms with Crippen molar-refractivity contribution < 1.29 is 40.4 Å². The van der Waals surface area contributed by atoms with E-state index in [4.69, 9.17) is 9.47 Å². The first-order valence-electron chi connectivity index (χ1n) is 7.72. The summed E-state index contributed by atoms with van der Waals surface area (Å²) in [5.74, 6) is -0.367. The molecule has 0 amide bonds. The number of hydrogen-bond acceptors (Lipinski definition) is 6. The van der Waals surface area contributed by atoms with E-state index in [2.05, 4.69) is 4.18 Å². The summed E-state index contributed by atoms with van der Waals surface area (Å²) in [5.41, 5.74) is -4.17. The number of halogens is 4. The number of phenolic OH excluding ortho intramolecular Hbond substituents is 1. The van der Waals surface area contributed by atoms with Crippen molar-refractivity contribution in [3.8, 4) is 23.0 Å². The molecule has 0 aromatic heterocycles. The minimum absolute atomic E-state index is 0.0154. The molecule has 154 valence electrons. The number of phenols is 1. The smallest absolute Gasteiger partial charge is 0.504 e. The Bertz CT molecular complexity index is 960. The van der Waals surface area contributed by atoms with E-state index in [1.165, 1.54) is 26.4 Å². The predicted molar refractivity (Wildman–Crippen MR) is 103 cm³/mol. The van der Waals surface area contributed by atoms with Crippen molar-refractivity contribution in [2.24, 2.45) is 0 Å². The van der Waals surface area contributed by atoms with Gasteiger partial charge in [-0.1, -0.05) is 12.1 Å². The molecule has 0 unspecified atom stereocenters. The first-order valence-corrected chi connectivity index (χ1v) is 10.2. The lowest BCUT2D eigenvalue weighted by Gasteiger charge is -2.16. The summed E-state index contributed by atoms with van der Waals surface area (Å²) in [6.45, 7) is 0. The number of ether oxygens (including phenoxy) is 2. The topological polar surface area (TPSA) is 82.1 Å². The second kappa shape index (κ2) is 8.64. The average Bonchev–Trinajstić information content (AvgIpc) is 2.62. The van der Waals surface area contributed by atoms with Crippen LogP contribution in [0.25, 0.3) is 0 Å². The van der Waals surface area contributed by atoms with E-state index in [1.54, 1.807) is 40.8 Å². The van der Waals surface area contributed by atoms with Gasteiger partial charge in [0.05, 0.1) is 17.8 Å². The van der Waals surface area contributed by atoms with Crippen LogP contribution in [-0.4, -0.2) is 33.3 Å². The molecule has 11 heteroatoms. The van der Waals surface area contributed by atoms with Crippen LogP contribution in [0.3, 0.4) is 0 Å². The van der Waals surface area contributed by atoms with Gasteiger partial charge in [-0.05, 0) is 64.8 Å². The van der Waals surface area contributed by atoms with Crippen molar-refractivity contribution in [3.05, 3.63) is 45.0 Å². The van der Waals surface area contributed by atoms with Crippen LogP contribution in [0.2, 0.25) is 0 Å². The summed E-state index contributed by atoms with van der Waals surface area (Å²) in [6, 6.07) is 7.75. The third kappa shape index (κ3) is 4.93. The van der Waals surface area contributed by atoms with Crippen LogP contribution in [0.1, 0.15) is 11.1 Å². The van der Waals surface area contributed by atoms with E-state index < -0.39 is 21.4 Å². The maximum Gasteiger partial charge on any atom is 0.534 e. The molecule has 2 aromatic carbocycles. The Kier molecular flexibility index (Phi) is 6.91. The molecule has 2 rings (SSSR count). The summed E-state index contributed by atoms with van der Waals surface area (Å²) >= 11 is 1.72. The third-order valence-electron chi connectivity index (χ3n) is 3.76. The Morgan fingerprint density at radius 2 is 1.68 bits per heavy atom. The predicted octanol–water partition coefficient (Wildman–Crippen LogP) is 4.03. The Balaban J connectivity index is 2.32. The van der Waals surface area contributed by atoms with Crippen LogP contribution >= 0.6 is 22.6 Å². The highest BCUT2D eigenvalue weighted by Crippen LogP contribution is 2.39. The number of aryl methyl sites for hydroxylation is 2. The van der Waals surface area contributed by atoms with Crippen molar-refractivity contribution in [3.63, 3.8) is 0 Å². The van der Waals surface area contributed by atoms with Gasteiger partial charge in [-0.3, -0.25) is 0 Å². The van der Waals surface area contributed by atoms with E-state index in [1.807, 2.05) is 0 Å². The second-order valence-electron chi connectivity index (χ2n) is 5.56. The zero-order chi connectivity index (χ0) is 21.1. The Morgan fingerprint density at radius 3 is 2.25 bits per heavy atom. The minimum atomic E-state index is -5.83. The van der Waals surface area contributed by atoms with Crippen molar-refractivity contribution in [1.29, 1.82) is 0 Å². The van der Waals surface area contributed by atoms with Crippen LogP contribution in [0, 0.1) is 3.57 Å². The summed E-state index contributed by atoms with van der Waals surface area (Å²) in [6.07, 6.45) is 0.836. The average molecular weight is 532 g/mol. The van der Waals surface area contributed by atoms with Gasteiger partial charge in [0.1, 0.15) is 0 Å². The van der Waals surface area contributed by atoms with Crippen molar-refractivity contribution in [1.82, 2.24) is 0 Å². The summed E-state index contributed by atoms with van der Waals surface area (Å²) in [4.78, 5) is 0. The number of rotatable bonds is 7. The standard InChI is InChI=1S/C17H16F3IO6S/c1-25-13-8-6-11(5-3-10-4-7-12(22)14(9-10)26-2)15(21)16(13)27-28(23,24)17(18,19)20/h4,6-9,22H,3,5H2,1-2H3. The molecule has 0 heterocycles. The number of aromatic hydroxyl groups is 1. The highest BCUT2D eigenvalue weighted by molar-refractivity contribution is 14.1. The molecule has 0 aliphatic rings. The van der Waals surface area contributed by atoms with Crippen LogP contribution in [0.15, 0.2) is 30.3 Å². The SMILES string of the molecule is COc1cc(CCc2ccc(OC)c(OS(=O)(=O)C(F)(F)F)c2I)ccc1O. The number of methoxy groups -OCH3 is 2. The molecule has 0 fully saturated rings. The number of benzene rings is 2. The van der Waals surface area contributed by atoms with Gasteiger partial charge in [-0.25, -0.2) is 0 Å². The van der Waals surface area contributed by atoms with Gasteiger partial charge in [-0.15, -0.1) is 0 Å². The molecule has 0 saturated heterocycles. The number of alkyl halides is 3. The van der Waals surface area contributed by atoms with Crippen LogP contribution in [0.5, 0.6) is 23.0 Å². The van der Waals surface area contributed by atoms with Gasteiger partial charge in [0.2, 0.25) is 0 Å². The Hall–Kier alpha value is -1.89. The molecule has 0 spiro atoms. The largest absolute Gasteiger partial charge is 0.534 e. The van der Waals surface area contributed by atoms with Crippen LogP contribution in [0.4, 0.5) is 13.2 Å². The first kappa shape index (κ1) is 22.4. The van der Waals surface area contributed by atoms with Crippen molar-refractivity contribution >= 4 is 32.7 Å².